The van der Waals surface area contributed by atoms with Gasteiger partial charge < -0.3 is 24.8 Å². The summed E-state index contributed by atoms with van der Waals surface area (Å²) in [4.78, 5) is 0. The third-order valence-corrected chi connectivity index (χ3v) is 5.49. The standard InChI is InChI=1S/C13H27F3N2O7S2/c1-18(27(22,23)13(14,15)16)11(20)3-4-12(21)25-8-7-24-6-5-17-10(19)9-26-2/h10-12,17,19-21H,3-9H2,1-2H3. The molecular weight excluding hydrogens is 417 g/mol. The van der Waals surface area contributed by atoms with E-state index in [1.54, 1.807) is 0 Å². The predicted molar refractivity (Wildman–Crippen MR) is 93.1 cm³/mol. The van der Waals surface area contributed by atoms with E-state index in [-0.39, 0.29) is 23.9 Å². The summed E-state index contributed by atoms with van der Waals surface area (Å²) in [5.41, 5.74) is -5.52. The number of alkyl halides is 3. The van der Waals surface area contributed by atoms with Crippen LogP contribution in [-0.4, -0.2) is 97.7 Å². The van der Waals surface area contributed by atoms with Gasteiger partial charge in [0, 0.05) is 25.8 Å². The molecule has 164 valence electrons. The van der Waals surface area contributed by atoms with Crippen molar-refractivity contribution in [2.75, 3.05) is 45.4 Å². The van der Waals surface area contributed by atoms with Crippen LogP contribution in [0.4, 0.5) is 13.2 Å². The van der Waals surface area contributed by atoms with Crippen molar-refractivity contribution in [2.24, 2.45) is 0 Å². The van der Waals surface area contributed by atoms with Crippen LogP contribution in [0.25, 0.3) is 0 Å². The Kier molecular flexibility index (Phi) is 13.0. The van der Waals surface area contributed by atoms with Gasteiger partial charge in [0.25, 0.3) is 0 Å². The summed E-state index contributed by atoms with van der Waals surface area (Å²) in [6.07, 6.45) is -2.85. The smallest absolute Gasteiger partial charge is 0.378 e. The van der Waals surface area contributed by atoms with Crippen molar-refractivity contribution in [3.05, 3.63) is 0 Å². The summed E-state index contributed by atoms with van der Waals surface area (Å²) in [5, 5.41) is 31.3. The number of nitrogens with one attached hydrogen (secondary N) is 1. The summed E-state index contributed by atoms with van der Waals surface area (Å²) in [7, 11) is -5.05. The highest BCUT2D eigenvalue weighted by molar-refractivity contribution is 7.98. The van der Waals surface area contributed by atoms with E-state index in [1.165, 1.54) is 11.8 Å². The van der Waals surface area contributed by atoms with Gasteiger partial charge in [-0.3, -0.25) is 5.32 Å². The minimum absolute atomic E-state index is 0.0126. The Morgan fingerprint density at radius 3 is 2.33 bits per heavy atom. The second-order valence-corrected chi connectivity index (χ2v) is 8.29. The van der Waals surface area contributed by atoms with Crippen molar-refractivity contribution in [1.82, 2.24) is 9.62 Å². The normalized spacial score (nSPS) is 16.5. The molecule has 0 rings (SSSR count). The van der Waals surface area contributed by atoms with Crippen molar-refractivity contribution in [1.29, 1.82) is 0 Å². The van der Waals surface area contributed by atoms with Gasteiger partial charge in [-0.05, 0) is 12.7 Å². The maximum absolute atomic E-state index is 12.4. The van der Waals surface area contributed by atoms with Crippen LogP contribution in [0.2, 0.25) is 0 Å². The molecule has 0 aliphatic carbocycles. The van der Waals surface area contributed by atoms with Crippen molar-refractivity contribution >= 4 is 21.8 Å². The number of hydrogen-bond acceptors (Lipinski definition) is 9. The molecule has 0 aliphatic rings. The van der Waals surface area contributed by atoms with Gasteiger partial charge in [-0.15, -0.1) is 0 Å². The molecule has 3 atom stereocenters. The van der Waals surface area contributed by atoms with Crippen LogP contribution in [0.5, 0.6) is 0 Å². The third kappa shape index (κ3) is 10.8. The number of halogens is 3. The molecular formula is C13H27F3N2O7S2. The van der Waals surface area contributed by atoms with Crippen LogP contribution in [0, 0.1) is 0 Å². The lowest BCUT2D eigenvalue weighted by atomic mass is 10.3. The minimum Gasteiger partial charge on any atom is -0.378 e. The first-order valence-corrected chi connectivity index (χ1v) is 10.8. The Morgan fingerprint density at radius 2 is 1.78 bits per heavy atom. The van der Waals surface area contributed by atoms with Crippen molar-refractivity contribution < 1.29 is 46.4 Å². The van der Waals surface area contributed by atoms with E-state index in [2.05, 4.69) is 5.32 Å². The SMILES string of the molecule is CSCC(O)NCCOCCOC(O)CCC(O)N(C)S(=O)(=O)C(F)(F)F. The van der Waals surface area contributed by atoms with Crippen LogP contribution in [-0.2, 0) is 19.5 Å². The number of thioether (sulfide) groups is 1. The quantitative estimate of drug-likeness (QED) is 0.195. The van der Waals surface area contributed by atoms with E-state index >= 15 is 0 Å². The average Bonchev–Trinajstić information content (AvgIpc) is 2.57. The molecule has 4 N–H and O–H groups in total. The lowest BCUT2D eigenvalue weighted by Gasteiger charge is -2.24. The second kappa shape index (κ2) is 13.1. The molecule has 14 heteroatoms. The number of nitrogens with zero attached hydrogens (tertiary/aromatic N) is 1. The number of rotatable bonds is 15. The Morgan fingerprint density at radius 1 is 1.15 bits per heavy atom. The molecule has 3 unspecified atom stereocenters. The largest absolute Gasteiger partial charge is 0.511 e. The zero-order valence-electron chi connectivity index (χ0n) is 15.1. The maximum Gasteiger partial charge on any atom is 0.511 e. The summed E-state index contributed by atoms with van der Waals surface area (Å²) in [6, 6.07) is 0. The van der Waals surface area contributed by atoms with Gasteiger partial charge in [-0.2, -0.15) is 29.2 Å². The molecule has 0 bridgehead atoms. The van der Waals surface area contributed by atoms with E-state index in [9.17, 15) is 36.9 Å². The Labute approximate surface area is 160 Å². The number of aliphatic hydroxyl groups is 3. The lowest BCUT2D eigenvalue weighted by Crippen LogP contribution is -2.44. The zero-order valence-corrected chi connectivity index (χ0v) is 16.7. The summed E-state index contributed by atoms with van der Waals surface area (Å²) >= 11 is 1.48. The summed E-state index contributed by atoms with van der Waals surface area (Å²) in [6.45, 7) is 0.823. The fourth-order valence-corrected chi connectivity index (χ4v) is 2.93. The number of ether oxygens (including phenoxy) is 2. The Bertz CT molecular complexity index is 497. The van der Waals surface area contributed by atoms with Crippen molar-refractivity contribution in [3.63, 3.8) is 0 Å². The Hall–Kier alpha value is -0.190. The van der Waals surface area contributed by atoms with Crippen molar-refractivity contribution in [2.45, 2.75) is 37.1 Å². The Balaban J connectivity index is 3.90. The second-order valence-electron chi connectivity index (χ2n) is 5.39. The van der Waals surface area contributed by atoms with Gasteiger partial charge in [-0.1, -0.05) is 0 Å². The van der Waals surface area contributed by atoms with E-state index in [4.69, 9.17) is 9.47 Å². The van der Waals surface area contributed by atoms with Crippen LogP contribution >= 0.6 is 11.8 Å². The number of hydrogen-bond donors (Lipinski definition) is 4. The molecule has 0 aliphatic heterocycles. The first kappa shape index (κ1) is 26.8. The first-order chi connectivity index (χ1) is 12.4. The first-order valence-electron chi connectivity index (χ1n) is 7.93. The van der Waals surface area contributed by atoms with Crippen LogP contribution in [0.15, 0.2) is 0 Å². The molecule has 27 heavy (non-hydrogen) atoms. The van der Waals surface area contributed by atoms with E-state index in [1.807, 2.05) is 6.26 Å². The molecule has 9 nitrogen and oxygen atoms in total. The molecule has 0 amide bonds. The maximum atomic E-state index is 12.4. The molecule has 0 radical (unpaired) electrons. The minimum atomic E-state index is -5.65. The van der Waals surface area contributed by atoms with Gasteiger partial charge in [0.05, 0.1) is 19.8 Å². The highest BCUT2D eigenvalue weighted by atomic mass is 32.2. The molecule has 0 aromatic heterocycles. The van der Waals surface area contributed by atoms with Gasteiger partial charge in [0.15, 0.2) is 6.29 Å². The molecule has 0 spiro atoms. The fraction of sp³-hybridized carbons (Fsp3) is 1.00. The highest BCUT2D eigenvalue weighted by Crippen LogP contribution is 2.27. The van der Waals surface area contributed by atoms with Crippen LogP contribution in [0.1, 0.15) is 12.8 Å². The fourth-order valence-electron chi connectivity index (χ4n) is 1.74. The topological polar surface area (TPSA) is 129 Å². The highest BCUT2D eigenvalue weighted by Gasteiger charge is 2.50. The van der Waals surface area contributed by atoms with Crippen molar-refractivity contribution in [3.8, 4) is 0 Å². The van der Waals surface area contributed by atoms with E-state index in [0.29, 0.717) is 26.0 Å². The number of aliphatic hydroxyl groups excluding tert-OH is 3. The summed E-state index contributed by atoms with van der Waals surface area (Å²) < 4.78 is 69.3. The average molecular weight is 444 g/mol. The molecule has 0 aromatic carbocycles. The zero-order chi connectivity index (χ0) is 21.1. The van der Waals surface area contributed by atoms with Gasteiger partial charge in [-0.25, -0.2) is 8.42 Å². The monoisotopic (exact) mass is 444 g/mol. The third-order valence-electron chi connectivity index (χ3n) is 3.25. The predicted octanol–water partition coefficient (Wildman–Crippen LogP) is -0.511. The van der Waals surface area contributed by atoms with E-state index in [0.717, 1.165) is 0 Å². The van der Waals surface area contributed by atoms with Gasteiger partial charge in [0.2, 0.25) is 0 Å². The van der Waals surface area contributed by atoms with Gasteiger partial charge >= 0.3 is 15.5 Å². The van der Waals surface area contributed by atoms with Crippen LogP contribution < -0.4 is 5.32 Å². The molecule has 0 fully saturated rings. The van der Waals surface area contributed by atoms with E-state index < -0.39 is 40.7 Å². The molecule has 0 heterocycles. The summed E-state index contributed by atoms with van der Waals surface area (Å²) in [5.74, 6) is 0.542. The van der Waals surface area contributed by atoms with Crippen LogP contribution in [0.3, 0.4) is 0 Å². The molecule has 0 aromatic rings. The van der Waals surface area contributed by atoms with Gasteiger partial charge in [0.1, 0.15) is 12.5 Å². The lowest BCUT2D eigenvalue weighted by molar-refractivity contribution is -0.122. The molecule has 0 saturated carbocycles. The number of sulfonamides is 1. The molecule has 0 saturated heterocycles.